The molecule has 0 radical (unpaired) electrons. The van der Waals surface area contributed by atoms with Crippen LogP contribution >= 0.6 is 0 Å². The average Bonchev–Trinajstić information content (AvgIpc) is 3.11. The van der Waals surface area contributed by atoms with Gasteiger partial charge in [-0.1, -0.05) is 6.07 Å². The molecule has 0 spiro atoms. The zero-order valence-corrected chi connectivity index (χ0v) is 19.1. The Morgan fingerprint density at radius 1 is 1.09 bits per heavy atom. The first-order valence-electron chi connectivity index (χ1n) is 10.3. The van der Waals surface area contributed by atoms with Gasteiger partial charge in [0.2, 0.25) is 17.7 Å². The predicted octanol–water partition coefficient (Wildman–Crippen LogP) is 3.48. The Morgan fingerprint density at radius 2 is 1.71 bits per heavy atom. The van der Waals surface area contributed by atoms with Crippen LogP contribution in [-0.4, -0.2) is 41.4 Å². The number of aromatic hydroxyl groups is 1. The third-order valence-electron chi connectivity index (χ3n) is 5.17. The second kappa shape index (κ2) is 9.95. The molecule has 0 bridgehead atoms. The molecule has 35 heavy (non-hydrogen) atoms. The zero-order valence-electron chi connectivity index (χ0n) is 19.1. The summed E-state index contributed by atoms with van der Waals surface area (Å²) in [7, 11) is 2.83. The number of ether oxygens (including phenoxy) is 2. The van der Waals surface area contributed by atoms with E-state index in [1.165, 1.54) is 43.9 Å². The topological polar surface area (TPSA) is 128 Å². The number of benzene rings is 2. The van der Waals surface area contributed by atoms with Crippen LogP contribution in [0.5, 0.6) is 17.4 Å². The van der Waals surface area contributed by atoms with Gasteiger partial charge in [-0.2, -0.15) is 18.3 Å². The summed E-state index contributed by atoms with van der Waals surface area (Å²) >= 11 is 0. The van der Waals surface area contributed by atoms with Crippen molar-refractivity contribution in [1.82, 2.24) is 9.99 Å². The Labute approximate surface area is 197 Å². The maximum atomic E-state index is 13.5. The fourth-order valence-electron chi connectivity index (χ4n) is 3.49. The van der Waals surface area contributed by atoms with Gasteiger partial charge in [0.1, 0.15) is 11.5 Å². The van der Waals surface area contributed by atoms with Crippen LogP contribution in [0.3, 0.4) is 0 Å². The van der Waals surface area contributed by atoms with Crippen molar-refractivity contribution in [3.63, 3.8) is 0 Å². The molecule has 0 fully saturated rings. The molecule has 186 valence electrons. The number of rotatable bonds is 8. The quantitative estimate of drug-likeness (QED) is 0.328. The van der Waals surface area contributed by atoms with Crippen molar-refractivity contribution in [3.8, 4) is 23.1 Å². The minimum absolute atomic E-state index is 0.0391. The number of nitrogens with two attached hydrogens (primary N) is 1. The number of carbonyl (C=O) groups is 2. The lowest BCUT2D eigenvalue weighted by Crippen LogP contribution is -2.21. The SMILES string of the molecule is COc1cc(OC)cc(-n2c(O)c(/C(C)=N/NC(=O)CCC(N)=O)c3ccc(C(F)(F)F)cc32)c1. The summed E-state index contributed by atoms with van der Waals surface area (Å²) in [4.78, 5) is 22.8. The van der Waals surface area contributed by atoms with Crippen LogP contribution in [0.4, 0.5) is 13.2 Å². The van der Waals surface area contributed by atoms with Crippen LogP contribution in [0.1, 0.15) is 30.9 Å². The smallest absolute Gasteiger partial charge is 0.416 e. The number of amides is 2. The number of primary amides is 1. The summed E-state index contributed by atoms with van der Waals surface area (Å²) in [5, 5.41) is 15.3. The number of nitrogens with one attached hydrogen (secondary N) is 1. The average molecular weight is 492 g/mol. The van der Waals surface area contributed by atoms with Crippen LogP contribution in [-0.2, 0) is 15.8 Å². The van der Waals surface area contributed by atoms with Crippen LogP contribution in [0.25, 0.3) is 16.6 Å². The summed E-state index contributed by atoms with van der Waals surface area (Å²) in [5.41, 5.74) is 6.89. The minimum Gasteiger partial charge on any atom is -0.497 e. The van der Waals surface area contributed by atoms with E-state index in [9.17, 15) is 27.9 Å². The number of aromatic nitrogens is 1. The van der Waals surface area contributed by atoms with Crippen LogP contribution < -0.4 is 20.6 Å². The molecule has 0 atom stereocenters. The van der Waals surface area contributed by atoms with Crippen LogP contribution in [0.2, 0.25) is 0 Å². The van der Waals surface area contributed by atoms with Crippen molar-refractivity contribution in [2.45, 2.75) is 25.9 Å². The van der Waals surface area contributed by atoms with E-state index in [4.69, 9.17) is 15.2 Å². The maximum absolute atomic E-state index is 13.5. The van der Waals surface area contributed by atoms with Crippen LogP contribution in [0, 0.1) is 0 Å². The summed E-state index contributed by atoms with van der Waals surface area (Å²) in [6.45, 7) is 1.47. The van der Waals surface area contributed by atoms with Crippen molar-refractivity contribution in [3.05, 3.63) is 47.5 Å². The number of carbonyl (C=O) groups excluding carboxylic acids is 2. The van der Waals surface area contributed by atoms with E-state index < -0.39 is 29.4 Å². The number of methoxy groups -OCH3 is 2. The first kappa shape index (κ1) is 25.4. The van der Waals surface area contributed by atoms with Gasteiger partial charge in [-0.3, -0.25) is 14.2 Å². The highest BCUT2D eigenvalue weighted by atomic mass is 19.4. The number of hydrazone groups is 1. The van der Waals surface area contributed by atoms with Gasteiger partial charge in [-0.15, -0.1) is 0 Å². The monoisotopic (exact) mass is 492 g/mol. The molecule has 4 N–H and O–H groups in total. The third kappa shape index (κ3) is 5.48. The Balaban J connectivity index is 2.21. The van der Waals surface area contributed by atoms with Crippen molar-refractivity contribution >= 4 is 28.4 Å². The van der Waals surface area contributed by atoms with Crippen molar-refractivity contribution in [2.75, 3.05) is 14.2 Å². The zero-order chi connectivity index (χ0) is 25.9. The van der Waals surface area contributed by atoms with Gasteiger partial charge < -0.3 is 20.3 Å². The first-order valence-corrected chi connectivity index (χ1v) is 10.3. The Bertz CT molecular complexity index is 1290. The second-order valence-electron chi connectivity index (χ2n) is 7.53. The van der Waals surface area contributed by atoms with Gasteiger partial charge in [-0.25, -0.2) is 5.43 Å². The molecule has 0 saturated heterocycles. The molecule has 0 aliphatic carbocycles. The van der Waals surface area contributed by atoms with E-state index in [0.717, 1.165) is 12.1 Å². The highest BCUT2D eigenvalue weighted by Gasteiger charge is 2.32. The Kier molecular flexibility index (Phi) is 7.22. The van der Waals surface area contributed by atoms with E-state index in [1.54, 1.807) is 6.07 Å². The molecule has 2 aromatic carbocycles. The largest absolute Gasteiger partial charge is 0.497 e. The molecule has 0 aliphatic rings. The number of fused-ring (bicyclic) bond motifs is 1. The third-order valence-corrected chi connectivity index (χ3v) is 5.17. The number of alkyl halides is 3. The molecule has 0 saturated carbocycles. The Morgan fingerprint density at radius 3 is 2.26 bits per heavy atom. The highest BCUT2D eigenvalue weighted by Crippen LogP contribution is 2.40. The molecule has 12 heteroatoms. The fraction of sp³-hybridized carbons (Fsp3) is 0.261. The Hall–Kier alpha value is -4.22. The van der Waals surface area contributed by atoms with Crippen molar-refractivity contribution in [2.24, 2.45) is 10.8 Å². The summed E-state index contributed by atoms with van der Waals surface area (Å²) < 4.78 is 52.1. The number of halogens is 3. The van der Waals surface area contributed by atoms with Gasteiger partial charge in [0.15, 0.2) is 0 Å². The van der Waals surface area contributed by atoms with Gasteiger partial charge in [0.05, 0.1) is 42.3 Å². The van der Waals surface area contributed by atoms with Gasteiger partial charge >= 0.3 is 6.18 Å². The first-order chi connectivity index (χ1) is 16.5. The number of hydrogen-bond acceptors (Lipinski definition) is 6. The fourth-order valence-corrected chi connectivity index (χ4v) is 3.49. The lowest BCUT2D eigenvalue weighted by Gasteiger charge is -2.13. The summed E-state index contributed by atoms with van der Waals surface area (Å²) in [5.74, 6) is -0.969. The lowest BCUT2D eigenvalue weighted by molar-refractivity contribution is -0.137. The molecule has 2 amide bonds. The molecule has 0 unspecified atom stereocenters. The summed E-state index contributed by atoms with van der Waals surface area (Å²) in [6, 6.07) is 7.62. The van der Waals surface area contributed by atoms with Gasteiger partial charge in [0.25, 0.3) is 0 Å². The molecule has 9 nitrogen and oxygen atoms in total. The van der Waals surface area contributed by atoms with Gasteiger partial charge in [0, 0.05) is 36.4 Å². The second-order valence-corrected chi connectivity index (χ2v) is 7.53. The molecule has 1 aromatic heterocycles. The minimum atomic E-state index is -4.62. The number of nitrogens with zero attached hydrogens (tertiary/aromatic N) is 2. The van der Waals surface area contributed by atoms with E-state index in [2.05, 4.69) is 10.5 Å². The maximum Gasteiger partial charge on any atom is 0.416 e. The number of hydrogen-bond donors (Lipinski definition) is 3. The van der Waals surface area contributed by atoms with E-state index in [0.29, 0.717) is 11.5 Å². The standard InChI is InChI=1S/C23H23F3N4O5/c1-12(28-29-20(32)7-6-19(27)31)21-17-5-4-13(23(24,25)26)8-18(17)30(22(21)33)14-9-15(34-2)11-16(10-14)35-3/h4-5,8-11,33H,6-7H2,1-3H3,(H2,27,31)(H,29,32)/b28-12+. The normalized spacial score (nSPS) is 12.0. The van der Waals surface area contributed by atoms with Crippen molar-refractivity contribution < 1.29 is 37.3 Å². The van der Waals surface area contributed by atoms with Crippen LogP contribution in [0.15, 0.2) is 41.5 Å². The van der Waals surface area contributed by atoms with E-state index >= 15 is 0 Å². The van der Waals surface area contributed by atoms with E-state index in [1.807, 2.05) is 0 Å². The predicted molar refractivity (Wildman–Crippen MR) is 122 cm³/mol. The van der Waals surface area contributed by atoms with Gasteiger partial charge in [-0.05, 0) is 19.1 Å². The molecular formula is C23H23F3N4O5. The summed E-state index contributed by atoms with van der Waals surface area (Å²) in [6.07, 6.45) is -5.00. The molecule has 1 heterocycles. The molecule has 3 rings (SSSR count). The van der Waals surface area contributed by atoms with E-state index in [-0.39, 0.29) is 40.7 Å². The van der Waals surface area contributed by atoms with Crippen molar-refractivity contribution in [1.29, 1.82) is 0 Å². The molecule has 3 aromatic rings. The highest BCUT2D eigenvalue weighted by molar-refractivity contribution is 6.13. The molecular weight excluding hydrogens is 469 g/mol. The lowest BCUT2D eigenvalue weighted by atomic mass is 10.1. The molecule has 0 aliphatic heterocycles.